The van der Waals surface area contributed by atoms with Crippen molar-refractivity contribution in [1.29, 1.82) is 0 Å². The monoisotopic (exact) mass is 444 g/mol. The number of carbonyl (C=O) groups excluding carboxylic acids is 3. The summed E-state index contributed by atoms with van der Waals surface area (Å²) in [5, 5.41) is 14.5. The van der Waals surface area contributed by atoms with Crippen molar-refractivity contribution in [2.24, 2.45) is 11.8 Å². The fraction of sp³-hybridized carbons (Fsp3) is 0.480. The van der Waals surface area contributed by atoms with Crippen molar-refractivity contribution in [2.45, 2.75) is 51.6 Å². The first-order valence-corrected chi connectivity index (χ1v) is 10.9. The maximum atomic E-state index is 12.6. The van der Waals surface area contributed by atoms with Crippen LogP contribution in [0.2, 0.25) is 0 Å². The molecule has 1 aromatic rings. The smallest absolute Gasteiger partial charge is 0.309 e. The molecule has 32 heavy (non-hydrogen) atoms. The molecule has 0 aliphatic heterocycles. The van der Waals surface area contributed by atoms with Crippen LogP contribution in [0.25, 0.3) is 0 Å². The van der Waals surface area contributed by atoms with Gasteiger partial charge in [0.25, 0.3) is 0 Å². The van der Waals surface area contributed by atoms with Crippen LogP contribution in [0.1, 0.15) is 38.7 Å². The summed E-state index contributed by atoms with van der Waals surface area (Å²) in [6.07, 6.45) is 4.64. The van der Waals surface area contributed by atoms with Crippen LogP contribution in [-0.4, -0.2) is 48.2 Å². The number of aliphatic hydroxyl groups excluding tert-OH is 1. The zero-order chi connectivity index (χ0) is 23.9. The highest BCUT2D eigenvalue weighted by atomic mass is 16.5. The second-order valence-electron chi connectivity index (χ2n) is 8.03. The average molecular weight is 445 g/mol. The number of hydrogen-bond donors (Lipinski definition) is 3. The van der Waals surface area contributed by atoms with Crippen molar-refractivity contribution in [2.75, 3.05) is 13.2 Å². The number of aliphatic hydroxyl groups is 1. The quantitative estimate of drug-likeness (QED) is 0.285. The van der Waals surface area contributed by atoms with Gasteiger partial charge in [0.15, 0.2) is 0 Å². The fourth-order valence-electron chi connectivity index (χ4n) is 3.18. The molecule has 4 atom stereocenters. The summed E-state index contributed by atoms with van der Waals surface area (Å²) >= 11 is 0. The van der Waals surface area contributed by atoms with Crippen molar-refractivity contribution in [3.8, 4) is 0 Å². The molecule has 0 saturated carbocycles. The van der Waals surface area contributed by atoms with Gasteiger partial charge in [0, 0.05) is 12.5 Å². The Balaban J connectivity index is 2.57. The van der Waals surface area contributed by atoms with E-state index >= 15 is 0 Å². The summed E-state index contributed by atoms with van der Waals surface area (Å²) in [4.78, 5) is 37.3. The molecule has 0 saturated heterocycles. The third-order valence-electron chi connectivity index (χ3n) is 4.91. The van der Waals surface area contributed by atoms with E-state index in [0.717, 1.165) is 5.56 Å². The van der Waals surface area contributed by atoms with Gasteiger partial charge in [-0.3, -0.25) is 14.4 Å². The topological polar surface area (TPSA) is 105 Å². The number of carbonyl (C=O) groups is 3. The SMILES string of the molecule is C=CC[C@H](CC(=O)N[C@@H](C)CO)C(=O)N[C@@H](C)COC(=O)[C@@H](CC=C)Cc1ccccc1. The highest BCUT2D eigenvalue weighted by molar-refractivity contribution is 5.86. The second-order valence-corrected chi connectivity index (χ2v) is 8.03. The molecule has 0 spiro atoms. The lowest BCUT2D eigenvalue weighted by Gasteiger charge is -2.21. The van der Waals surface area contributed by atoms with Crippen LogP contribution in [0.5, 0.6) is 0 Å². The van der Waals surface area contributed by atoms with E-state index in [1.807, 2.05) is 30.3 Å². The number of rotatable bonds is 15. The zero-order valence-corrected chi connectivity index (χ0v) is 19.1. The first-order valence-electron chi connectivity index (χ1n) is 10.9. The zero-order valence-electron chi connectivity index (χ0n) is 19.1. The highest BCUT2D eigenvalue weighted by Gasteiger charge is 2.24. The van der Waals surface area contributed by atoms with Gasteiger partial charge in [-0.2, -0.15) is 0 Å². The molecule has 0 radical (unpaired) electrons. The maximum Gasteiger partial charge on any atom is 0.309 e. The number of amides is 2. The lowest BCUT2D eigenvalue weighted by molar-refractivity contribution is -0.149. The predicted octanol–water partition coefficient (Wildman–Crippen LogP) is 2.55. The van der Waals surface area contributed by atoms with Crippen LogP contribution in [-0.2, 0) is 25.5 Å². The molecule has 0 heterocycles. The summed E-state index contributed by atoms with van der Waals surface area (Å²) < 4.78 is 5.45. The lowest BCUT2D eigenvalue weighted by Crippen LogP contribution is -2.43. The van der Waals surface area contributed by atoms with Gasteiger partial charge in [0.05, 0.1) is 24.5 Å². The Labute approximate surface area is 190 Å². The van der Waals surface area contributed by atoms with Crippen LogP contribution >= 0.6 is 0 Å². The number of allylic oxidation sites excluding steroid dienone is 2. The van der Waals surface area contributed by atoms with Gasteiger partial charge in [0.2, 0.25) is 11.8 Å². The van der Waals surface area contributed by atoms with Gasteiger partial charge in [-0.15, -0.1) is 13.2 Å². The standard InChI is InChI=1S/C25H36N2O5/c1-5-10-21(15-23(29)26-18(3)16-28)24(30)27-19(4)17-32-25(31)22(11-6-2)14-20-12-8-7-9-13-20/h5-9,12-13,18-19,21-22,28H,1-2,10-11,14-17H2,3-4H3,(H,26,29)(H,27,30)/t18-,19-,21+,22-/m0/s1. The third kappa shape index (κ3) is 10.4. The van der Waals surface area contributed by atoms with Crippen LogP contribution in [0.15, 0.2) is 55.6 Å². The molecule has 7 heteroatoms. The summed E-state index contributed by atoms with van der Waals surface area (Å²) in [5.74, 6) is -1.91. The van der Waals surface area contributed by atoms with Gasteiger partial charge >= 0.3 is 5.97 Å². The van der Waals surface area contributed by atoms with Gasteiger partial charge in [0.1, 0.15) is 6.61 Å². The Morgan fingerprint density at radius 2 is 1.62 bits per heavy atom. The van der Waals surface area contributed by atoms with E-state index in [-0.39, 0.29) is 49.4 Å². The van der Waals surface area contributed by atoms with Crippen molar-refractivity contribution in [3.05, 3.63) is 61.2 Å². The molecule has 0 bridgehead atoms. The molecule has 2 amide bonds. The molecule has 7 nitrogen and oxygen atoms in total. The predicted molar refractivity (Wildman–Crippen MR) is 125 cm³/mol. The molecule has 176 valence electrons. The van der Waals surface area contributed by atoms with E-state index < -0.39 is 12.0 Å². The van der Waals surface area contributed by atoms with Crippen LogP contribution in [0.3, 0.4) is 0 Å². The molecular weight excluding hydrogens is 408 g/mol. The van der Waals surface area contributed by atoms with Crippen LogP contribution in [0, 0.1) is 11.8 Å². The molecule has 3 N–H and O–H groups in total. The molecule has 1 aromatic carbocycles. The molecule has 0 aliphatic carbocycles. The number of hydrogen-bond acceptors (Lipinski definition) is 5. The van der Waals surface area contributed by atoms with E-state index in [2.05, 4.69) is 23.8 Å². The molecule has 0 aliphatic rings. The summed E-state index contributed by atoms with van der Waals surface area (Å²) in [7, 11) is 0. The lowest BCUT2D eigenvalue weighted by atomic mass is 9.96. The highest BCUT2D eigenvalue weighted by Crippen LogP contribution is 2.15. The minimum atomic E-state index is -0.594. The summed E-state index contributed by atoms with van der Waals surface area (Å²) in [6.45, 7) is 10.6. The average Bonchev–Trinajstić information content (AvgIpc) is 2.77. The number of benzene rings is 1. The Bertz CT molecular complexity index is 750. The van der Waals surface area contributed by atoms with Crippen molar-refractivity contribution in [3.63, 3.8) is 0 Å². The third-order valence-corrected chi connectivity index (χ3v) is 4.91. The van der Waals surface area contributed by atoms with Gasteiger partial charge in [-0.1, -0.05) is 42.5 Å². The van der Waals surface area contributed by atoms with E-state index in [4.69, 9.17) is 9.84 Å². The van der Waals surface area contributed by atoms with E-state index in [1.165, 1.54) is 0 Å². The Kier molecular flexibility index (Phi) is 12.7. The molecule has 1 rings (SSSR count). The van der Waals surface area contributed by atoms with Crippen LogP contribution < -0.4 is 10.6 Å². The maximum absolute atomic E-state index is 12.6. The van der Waals surface area contributed by atoms with Crippen molar-refractivity contribution in [1.82, 2.24) is 10.6 Å². The fourth-order valence-corrected chi connectivity index (χ4v) is 3.18. The van der Waals surface area contributed by atoms with E-state index in [1.54, 1.807) is 26.0 Å². The number of ether oxygens (including phenoxy) is 1. The van der Waals surface area contributed by atoms with Crippen molar-refractivity contribution >= 4 is 17.8 Å². The van der Waals surface area contributed by atoms with Gasteiger partial charge in [-0.25, -0.2) is 0 Å². The number of nitrogens with one attached hydrogen (secondary N) is 2. The first-order chi connectivity index (χ1) is 15.3. The number of esters is 1. The minimum Gasteiger partial charge on any atom is -0.463 e. The normalized spacial score (nSPS) is 14.3. The second kappa shape index (κ2) is 15.0. The summed E-state index contributed by atoms with van der Waals surface area (Å²) in [6, 6.07) is 8.89. The summed E-state index contributed by atoms with van der Waals surface area (Å²) in [5.41, 5.74) is 1.04. The largest absolute Gasteiger partial charge is 0.463 e. The Hall–Kier alpha value is -2.93. The Morgan fingerprint density at radius 1 is 1.00 bits per heavy atom. The molecule has 0 aromatic heterocycles. The van der Waals surface area contributed by atoms with E-state index in [0.29, 0.717) is 19.3 Å². The van der Waals surface area contributed by atoms with Crippen LogP contribution in [0.4, 0.5) is 0 Å². The Morgan fingerprint density at radius 3 is 2.22 bits per heavy atom. The molecule has 0 fully saturated rings. The van der Waals surface area contributed by atoms with Gasteiger partial charge < -0.3 is 20.5 Å². The first kappa shape index (κ1) is 27.1. The van der Waals surface area contributed by atoms with Crippen molar-refractivity contribution < 1.29 is 24.2 Å². The molecular formula is C25H36N2O5. The van der Waals surface area contributed by atoms with Gasteiger partial charge in [-0.05, 0) is 38.7 Å². The minimum absolute atomic E-state index is 0.0206. The van der Waals surface area contributed by atoms with E-state index in [9.17, 15) is 14.4 Å². The molecule has 0 unspecified atom stereocenters.